The minimum absolute atomic E-state index is 0.0763. The molecule has 0 aliphatic carbocycles. The molecule has 1 heterocycles. The number of benzene rings is 1. The summed E-state index contributed by atoms with van der Waals surface area (Å²) in [6, 6.07) is 3.61. The molecular weight excluding hydrogens is 304 g/mol. The largest absolute Gasteiger partial charge is 0.342 e. The van der Waals surface area contributed by atoms with Crippen LogP contribution in [0.4, 0.5) is 8.78 Å². The van der Waals surface area contributed by atoms with Crippen LogP contribution in [0.15, 0.2) is 18.2 Å². The van der Waals surface area contributed by atoms with Crippen molar-refractivity contribution in [2.75, 3.05) is 18.8 Å². The van der Waals surface area contributed by atoms with E-state index in [4.69, 9.17) is 0 Å². The summed E-state index contributed by atoms with van der Waals surface area (Å²) in [6.07, 6.45) is 2.36. The molecule has 0 bridgehead atoms. The molecule has 122 valence electrons. The Balaban J connectivity index is 2.06. The van der Waals surface area contributed by atoms with Crippen molar-refractivity contribution in [3.63, 3.8) is 0 Å². The Labute approximate surface area is 135 Å². The standard InChI is InChI=1S/C17H23F2NOS/c1-3-12(4-2)17(21)20-8-7-16(22-10-9-20)14-11-13(18)5-6-15(14)19/h5-6,11-12,16H,3-4,7-10H2,1-2H3. The van der Waals surface area contributed by atoms with E-state index in [-0.39, 0.29) is 22.9 Å². The fourth-order valence-electron chi connectivity index (χ4n) is 2.90. The number of rotatable bonds is 4. The normalized spacial score (nSPS) is 19.3. The first-order chi connectivity index (χ1) is 10.6. The highest BCUT2D eigenvalue weighted by Gasteiger charge is 2.26. The summed E-state index contributed by atoms with van der Waals surface area (Å²) in [4.78, 5) is 14.4. The number of amides is 1. The van der Waals surface area contributed by atoms with Crippen molar-refractivity contribution in [3.05, 3.63) is 35.4 Å². The molecule has 1 aliphatic rings. The molecule has 22 heavy (non-hydrogen) atoms. The van der Waals surface area contributed by atoms with Gasteiger partial charge in [0.15, 0.2) is 0 Å². The highest BCUT2D eigenvalue weighted by Crippen LogP contribution is 2.36. The average Bonchev–Trinajstić information content (AvgIpc) is 2.76. The van der Waals surface area contributed by atoms with Crippen LogP contribution in [0.5, 0.6) is 0 Å². The van der Waals surface area contributed by atoms with Crippen LogP contribution in [0, 0.1) is 17.6 Å². The van der Waals surface area contributed by atoms with Gasteiger partial charge in [-0.15, -0.1) is 0 Å². The Hall–Kier alpha value is -1.10. The van der Waals surface area contributed by atoms with E-state index in [1.165, 1.54) is 12.1 Å². The van der Waals surface area contributed by atoms with Gasteiger partial charge in [0.25, 0.3) is 0 Å². The van der Waals surface area contributed by atoms with Crippen LogP contribution in [0.3, 0.4) is 0 Å². The number of hydrogen-bond acceptors (Lipinski definition) is 2. The lowest BCUT2D eigenvalue weighted by Gasteiger charge is -2.24. The third-order valence-corrected chi connectivity index (χ3v) is 5.60. The van der Waals surface area contributed by atoms with Crippen molar-refractivity contribution in [1.82, 2.24) is 4.90 Å². The first-order valence-corrected chi connectivity index (χ1v) is 8.97. The topological polar surface area (TPSA) is 20.3 Å². The lowest BCUT2D eigenvalue weighted by molar-refractivity contribution is -0.135. The van der Waals surface area contributed by atoms with Crippen LogP contribution < -0.4 is 0 Å². The van der Waals surface area contributed by atoms with Gasteiger partial charge in [-0.05, 0) is 37.5 Å². The van der Waals surface area contributed by atoms with Gasteiger partial charge in [-0.2, -0.15) is 11.8 Å². The molecule has 0 radical (unpaired) electrons. The summed E-state index contributed by atoms with van der Waals surface area (Å²) in [5, 5.41) is -0.0878. The summed E-state index contributed by atoms with van der Waals surface area (Å²) in [6.45, 7) is 5.36. The van der Waals surface area contributed by atoms with E-state index in [0.29, 0.717) is 25.1 Å². The highest BCUT2D eigenvalue weighted by molar-refractivity contribution is 7.99. The van der Waals surface area contributed by atoms with Gasteiger partial charge in [-0.3, -0.25) is 4.79 Å². The van der Waals surface area contributed by atoms with Crippen molar-refractivity contribution in [2.45, 2.75) is 38.4 Å². The Morgan fingerprint density at radius 1 is 1.32 bits per heavy atom. The maximum Gasteiger partial charge on any atom is 0.225 e. The number of nitrogens with zero attached hydrogens (tertiary/aromatic N) is 1. The van der Waals surface area contributed by atoms with Gasteiger partial charge >= 0.3 is 0 Å². The quantitative estimate of drug-likeness (QED) is 0.816. The molecule has 0 aromatic heterocycles. The highest BCUT2D eigenvalue weighted by atomic mass is 32.2. The van der Waals surface area contributed by atoms with Gasteiger partial charge in [0.1, 0.15) is 11.6 Å². The first-order valence-electron chi connectivity index (χ1n) is 7.92. The molecule has 1 amide bonds. The molecule has 2 nitrogen and oxygen atoms in total. The smallest absolute Gasteiger partial charge is 0.225 e. The Bertz CT molecular complexity index is 519. The van der Waals surface area contributed by atoms with Crippen molar-refractivity contribution in [2.24, 2.45) is 5.92 Å². The number of carbonyl (C=O) groups is 1. The van der Waals surface area contributed by atoms with E-state index in [2.05, 4.69) is 0 Å². The number of thioether (sulfide) groups is 1. The molecular formula is C17H23F2NOS. The summed E-state index contributed by atoms with van der Waals surface area (Å²) >= 11 is 1.61. The van der Waals surface area contributed by atoms with Crippen LogP contribution >= 0.6 is 11.8 Å². The molecule has 5 heteroatoms. The third-order valence-electron chi connectivity index (χ3n) is 4.29. The Morgan fingerprint density at radius 3 is 2.73 bits per heavy atom. The van der Waals surface area contributed by atoms with Crippen molar-refractivity contribution in [1.29, 1.82) is 0 Å². The van der Waals surface area contributed by atoms with Crippen LogP contribution in [0.25, 0.3) is 0 Å². The summed E-state index contributed by atoms with van der Waals surface area (Å²) in [7, 11) is 0. The maximum absolute atomic E-state index is 13.9. The average molecular weight is 327 g/mol. The minimum atomic E-state index is -0.411. The van der Waals surface area contributed by atoms with Gasteiger partial charge in [-0.1, -0.05) is 13.8 Å². The lowest BCUT2D eigenvalue weighted by atomic mass is 10.0. The molecule has 1 aliphatic heterocycles. The Morgan fingerprint density at radius 2 is 2.05 bits per heavy atom. The molecule has 1 unspecified atom stereocenters. The van der Waals surface area contributed by atoms with E-state index in [1.807, 2.05) is 18.7 Å². The van der Waals surface area contributed by atoms with E-state index in [9.17, 15) is 13.6 Å². The molecule has 1 saturated heterocycles. The molecule has 1 aromatic rings. The number of hydrogen-bond donors (Lipinski definition) is 0. The first kappa shape index (κ1) is 17.3. The predicted octanol–water partition coefficient (Wildman–Crippen LogP) is 4.41. The van der Waals surface area contributed by atoms with Crippen LogP contribution in [0.1, 0.15) is 43.9 Å². The zero-order valence-corrected chi connectivity index (χ0v) is 14.0. The SMILES string of the molecule is CCC(CC)C(=O)N1CCSC(c2cc(F)ccc2F)CC1. The van der Waals surface area contributed by atoms with E-state index in [0.717, 1.165) is 24.7 Å². The lowest BCUT2D eigenvalue weighted by Crippen LogP contribution is -2.37. The molecule has 1 atom stereocenters. The van der Waals surface area contributed by atoms with Crippen LogP contribution in [-0.2, 0) is 4.79 Å². The van der Waals surface area contributed by atoms with Crippen LogP contribution in [0.2, 0.25) is 0 Å². The molecule has 0 saturated carbocycles. The molecule has 0 N–H and O–H groups in total. The second kappa shape index (κ2) is 7.95. The van der Waals surface area contributed by atoms with E-state index >= 15 is 0 Å². The van der Waals surface area contributed by atoms with E-state index < -0.39 is 5.82 Å². The zero-order chi connectivity index (χ0) is 16.1. The molecule has 1 fully saturated rings. The molecule has 0 spiro atoms. The van der Waals surface area contributed by atoms with Gasteiger partial charge in [-0.25, -0.2) is 8.78 Å². The molecule has 1 aromatic carbocycles. The summed E-state index contributed by atoms with van der Waals surface area (Å²) < 4.78 is 27.3. The van der Waals surface area contributed by atoms with Gasteiger partial charge in [0.2, 0.25) is 5.91 Å². The van der Waals surface area contributed by atoms with Gasteiger partial charge in [0, 0.05) is 35.6 Å². The maximum atomic E-state index is 13.9. The van der Waals surface area contributed by atoms with Crippen molar-refractivity contribution >= 4 is 17.7 Å². The number of halogens is 2. The zero-order valence-electron chi connectivity index (χ0n) is 13.1. The van der Waals surface area contributed by atoms with Crippen molar-refractivity contribution in [3.8, 4) is 0 Å². The van der Waals surface area contributed by atoms with E-state index in [1.54, 1.807) is 11.8 Å². The van der Waals surface area contributed by atoms with Gasteiger partial charge < -0.3 is 4.90 Å². The fraction of sp³-hybridized carbons (Fsp3) is 0.588. The second-order valence-corrected chi connectivity index (χ2v) is 6.96. The molecule has 2 rings (SSSR count). The van der Waals surface area contributed by atoms with Crippen molar-refractivity contribution < 1.29 is 13.6 Å². The fourth-order valence-corrected chi connectivity index (χ4v) is 4.14. The van der Waals surface area contributed by atoms with Gasteiger partial charge in [0.05, 0.1) is 0 Å². The minimum Gasteiger partial charge on any atom is -0.342 e. The predicted molar refractivity (Wildman–Crippen MR) is 86.8 cm³/mol. The summed E-state index contributed by atoms with van der Waals surface area (Å²) in [5.74, 6) is 0.260. The number of carbonyl (C=O) groups excluding carboxylic acids is 1. The Kier molecular flexibility index (Phi) is 6.24. The van der Waals surface area contributed by atoms with Crippen LogP contribution in [-0.4, -0.2) is 29.6 Å². The third kappa shape index (κ3) is 4.00. The summed E-state index contributed by atoms with van der Waals surface area (Å²) in [5.41, 5.74) is 0.418. The monoisotopic (exact) mass is 327 g/mol. The second-order valence-electron chi connectivity index (χ2n) is 5.65.